The largest absolute Gasteiger partial charge is 0.359 e. The van der Waals surface area contributed by atoms with Crippen molar-refractivity contribution < 1.29 is 9.32 Å². The van der Waals surface area contributed by atoms with E-state index in [0.717, 1.165) is 41.0 Å². The summed E-state index contributed by atoms with van der Waals surface area (Å²) in [6.45, 7) is 8.26. The normalized spacial score (nSPS) is 11.4. The maximum Gasteiger partial charge on any atom is 0.230 e. The fourth-order valence-corrected chi connectivity index (χ4v) is 2.87. The predicted octanol–water partition coefficient (Wildman–Crippen LogP) is 5.17. The highest BCUT2D eigenvalue weighted by atomic mass is 16.5. The van der Waals surface area contributed by atoms with E-state index in [4.69, 9.17) is 4.52 Å². The highest BCUT2D eigenvalue weighted by Crippen LogP contribution is 2.24. The van der Waals surface area contributed by atoms with Crippen LogP contribution in [0, 0.1) is 0 Å². The van der Waals surface area contributed by atoms with Crippen molar-refractivity contribution in [1.82, 2.24) is 10.1 Å². The highest BCUT2D eigenvalue weighted by Gasteiger charge is 2.20. The van der Waals surface area contributed by atoms with E-state index in [1.165, 1.54) is 0 Å². The summed E-state index contributed by atoms with van der Waals surface area (Å²) in [5, 5.41) is 6.72. The van der Waals surface area contributed by atoms with E-state index in [9.17, 15) is 4.79 Å². The molecule has 3 rings (SSSR count). The number of aryl methyl sites for hydroxylation is 1. The molecule has 0 aliphatic carbocycles. The van der Waals surface area contributed by atoms with Gasteiger partial charge in [0.1, 0.15) is 5.76 Å². The van der Waals surface area contributed by atoms with Crippen LogP contribution in [0.2, 0.25) is 0 Å². The Morgan fingerprint density at radius 3 is 2.36 bits per heavy atom. The molecule has 28 heavy (non-hydrogen) atoms. The zero-order valence-electron chi connectivity index (χ0n) is 17.0. The van der Waals surface area contributed by atoms with Gasteiger partial charge in [-0.3, -0.25) is 9.78 Å². The number of anilines is 1. The van der Waals surface area contributed by atoms with Gasteiger partial charge in [-0.1, -0.05) is 69.6 Å². The number of benzene rings is 1. The highest BCUT2D eigenvalue weighted by molar-refractivity contribution is 5.91. The lowest BCUT2D eigenvalue weighted by Gasteiger charge is -2.12. The second-order valence-corrected chi connectivity index (χ2v) is 8.04. The molecule has 3 aromatic rings. The first-order chi connectivity index (χ1) is 13.3. The first kappa shape index (κ1) is 19.8. The molecule has 5 heteroatoms. The molecule has 1 amide bonds. The molecule has 0 spiro atoms. The number of carbonyl (C=O) groups excluding carboxylic acids is 1. The minimum atomic E-state index is -0.143. The third-order valence-electron chi connectivity index (χ3n) is 4.50. The number of aromatic nitrogens is 2. The molecular weight excluding hydrogens is 350 g/mol. The number of nitrogens with one attached hydrogen (secondary N) is 1. The van der Waals surface area contributed by atoms with Gasteiger partial charge in [0.15, 0.2) is 5.82 Å². The Bertz CT molecular complexity index is 920. The summed E-state index contributed by atoms with van der Waals surface area (Å²) in [6.07, 6.45) is 4.28. The van der Waals surface area contributed by atoms with E-state index < -0.39 is 0 Å². The van der Waals surface area contributed by atoms with Crippen LogP contribution in [0.25, 0.3) is 11.1 Å². The number of carbonyl (C=O) groups is 1. The lowest BCUT2D eigenvalue weighted by atomic mass is 9.93. The summed E-state index contributed by atoms with van der Waals surface area (Å²) in [4.78, 5) is 16.8. The molecule has 146 valence electrons. The Hall–Kier alpha value is -2.95. The molecule has 0 atom stereocenters. The summed E-state index contributed by atoms with van der Waals surface area (Å²) in [5.74, 6) is 1.07. The molecule has 0 saturated carbocycles. The molecule has 0 aliphatic rings. The Kier molecular flexibility index (Phi) is 5.93. The second-order valence-electron chi connectivity index (χ2n) is 8.04. The number of pyridine rings is 1. The van der Waals surface area contributed by atoms with Crippen molar-refractivity contribution in [2.75, 3.05) is 5.32 Å². The first-order valence-corrected chi connectivity index (χ1v) is 9.66. The van der Waals surface area contributed by atoms with Crippen molar-refractivity contribution in [3.63, 3.8) is 0 Å². The molecule has 2 aromatic heterocycles. The van der Waals surface area contributed by atoms with Crippen LogP contribution in [0.3, 0.4) is 0 Å². The smallest absolute Gasteiger partial charge is 0.230 e. The standard InChI is InChI=1S/C23H27N3O2/c1-5-6-19-12-11-18(15-24-19)17-9-7-16(8-10-17)13-22(27)25-21-14-20(28-26-21)23(2,3)4/h7-12,14-15H,5-6,13H2,1-4H3,(H,25,26,27). The molecule has 5 nitrogen and oxygen atoms in total. The van der Waals surface area contributed by atoms with Crippen molar-refractivity contribution in [3.8, 4) is 11.1 Å². The lowest BCUT2D eigenvalue weighted by Crippen LogP contribution is -2.14. The molecule has 0 fully saturated rings. The minimum absolute atomic E-state index is 0.118. The average Bonchev–Trinajstić information content (AvgIpc) is 3.12. The van der Waals surface area contributed by atoms with Gasteiger partial charge in [-0.15, -0.1) is 0 Å². The molecule has 1 aromatic carbocycles. The van der Waals surface area contributed by atoms with Gasteiger partial charge in [-0.25, -0.2) is 0 Å². The average molecular weight is 377 g/mol. The van der Waals surface area contributed by atoms with Gasteiger partial charge in [0.2, 0.25) is 5.91 Å². The van der Waals surface area contributed by atoms with Gasteiger partial charge in [0, 0.05) is 28.9 Å². The van der Waals surface area contributed by atoms with Gasteiger partial charge >= 0.3 is 0 Å². The van der Waals surface area contributed by atoms with E-state index in [1.807, 2.05) is 51.2 Å². The van der Waals surface area contributed by atoms with Crippen LogP contribution in [0.5, 0.6) is 0 Å². The Morgan fingerprint density at radius 1 is 1.07 bits per heavy atom. The topological polar surface area (TPSA) is 68.0 Å². The van der Waals surface area contributed by atoms with Crippen LogP contribution < -0.4 is 5.32 Å². The van der Waals surface area contributed by atoms with E-state index in [0.29, 0.717) is 5.82 Å². The Morgan fingerprint density at radius 2 is 1.79 bits per heavy atom. The van der Waals surface area contributed by atoms with Crippen molar-refractivity contribution in [2.45, 2.75) is 52.4 Å². The fraction of sp³-hybridized carbons (Fsp3) is 0.348. The zero-order valence-corrected chi connectivity index (χ0v) is 17.0. The monoisotopic (exact) mass is 377 g/mol. The molecular formula is C23H27N3O2. The summed E-state index contributed by atoms with van der Waals surface area (Å²) < 4.78 is 5.30. The van der Waals surface area contributed by atoms with E-state index >= 15 is 0 Å². The first-order valence-electron chi connectivity index (χ1n) is 9.66. The van der Waals surface area contributed by atoms with Crippen LogP contribution in [0.1, 0.15) is 51.1 Å². The third-order valence-corrected chi connectivity index (χ3v) is 4.50. The van der Waals surface area contributed by atoms with Gasteiger partial charge in [-0.05, 0) is 23.6 Å². The lowest BCUT2D eigenvalue weighted by molar-refractivity contribution is -0.115. The van der Waals surface area contributed by atoms with Crippen LogP contribution in [-0.2, 0) is 23.1 Å². The van der Waals surface area contributed by atoms with Crippen molar-refractivity contribution in [1.29, 1.82) is 0 Å². The molecule has 2 heterocycles. The number of nitrogens with zero attached hydrogens (tertiary/aromatic N) is 2. The summed E-state index contributed by atoms with van der Waals surface area (Å²) in [5.41, 5.74) is 4.08. The fourth-order valence-electron chi connectivity index (χ4n) is 2.87. The maximum absolute atomic E-state index is 12.3. The van der Waals surface area contributed by atoms with Crippen molar-refractivity contribution >= 4 is 11.7 Å². The maximum atomic E-state index is 12.3. The van der Waals surface area contributed by atoms with E-state index in [-0.39, 0.29) is 17.7 Å². The molecule has 1 N–H and O–H groups in total. The number of amides is 1. The van der Waals surface area contributed by atoms with Crippen LogP contribution in [0.15, 0.2) is 53.2 Å². The minimum Gasteiger partial charge on any atom is -0.359 e. The summed E-state index contributed by atoms with van der Waals surface area (Å²) in [7, 11) is 0. The van der Waals surface area contributed by atoms with Crippen LogP contribution in [0.4, 0.5) is 5.82 Å². The second kappa shape index (κ2) is 8.38. The summed E-state index contributed by atoms with van der Waals surface area (Å²) >= 11 is 0. The Labute approximate surface area is 166 Å². The number of hydrogen-bond donors (Lipinski definition) is 1. The van der Waals surface area contributed by atoms with Crippen LogP contribution in [-0.4, -0.2) is 16.0 Å². The Balaban J connectivity index is 1.60. The van der Waals surface area contributed by atoms with Crippen molar-refractivity contribution in [2.24, 2.45) is 0 Å². The van der Waals surface area contributed by atoms with Gasteiger partial charge in [0.25, 0.3) is 0 Å². The van der Waals surface area contributed by atoms with Gasteiger partial charge < -0.3 is 9.84 Å². The number of rotatable bonds is 6. The quantitative estimate of drug-likeness (QED) is 0.644. The molecule has 0 radical (unpaired) electrons. The molecule has 0 bridgehead atoms. The third kappa shape index (κ3) is 5.06. The molecule has 0 aliphatic heterocycles. The van der Waals surface area contributed by atoms with Crippen LogP contribution >= 0.6 is 0 Å². The van der Waals surface area contributed by atoms with E-state index in [2.05, 4.69) is 34.5 Å². The van der Waals surface area contributed by atoms with Gasteiger partial charge in [-0.2, -0.15) is 0 Å². The number of hydrogen-bond acceptors (Lipinski definition) is 4. The van der Waals surface area contributed by atoms with Crippen molar-refractivity contribution in [3.05, 3.63) is 65.7 Å². The van der Waals surface area contributed by atoms with Gasteiger partial charge in [0.05, 0.1) is 6.42 Å². The molecule has 0 unspecified atom stereocenters. The molecule has 0 saturated heterocycles. The summed E-state index contributed by atoms with van der Waals surface area (Å²) in [6, 6.07) is 13.9. The van der Waals surface area contributed by atoms with E-state index in [1.54, 1.807) is 6.07 Å². The predicted molar refractivity (Wildman–Crippen MR) is 111 cm³/mol. The zero-order chi connectivity index (χ0) is 20.1. The SMILES string of the molecule is CCCc1ccc(-c2ccc(CC(=O)Nc3cc(C(C)(C)C)on3)cc2)cn1.